The van der Waals surface area contributed by atoms with Gasteiger partial charge in [0.25, 0.3) is 0 Å². The van der Waals surface area contributed by atoms with E-state index in [1.165, 1.54) is 13.0 Å². The zero-order valence-corrected chi connectivity index (χ0v) is 6.63. The van der Waals surface area contributed by atoms with Crippen molar-refractivity contribution in [3.8, 4) is 0 Å². The van der Waals surface area contributed by atoms with Crippen LogP contribution in [0.3, 0.4) is 0 Å². The van der Waals surface area contributed by atoms with Crippen LogP contribution in [0.1, 0.15) is 13.3 Å². The van der Waals surface area contributed by atoms with E-state index in [9.17, 15) is 0 Å². The molecule has 0 fully saturated rings. The van der Waals surface area contributed by atoms with Gasteiger partial charge >= 0.3 is 9.68 Å². The summed E-state index contributed by atoms with van der Waals surface area (Å²) in [5, 5.41) is 0. The van der Waals surface area contributed by atoms with E-state index in [4.69, 9.17) is 0 Å². The molecule has 0 amide bonds. The first-order valence-corrected chi connectivity index (χ1v) is 3.98. The van der Waals surface area contributed by atoms with E-state index in [0.717, 1.165) is 9.68 Å². The molecule has 0 bridgehead atoms. The maximum atomic E-state index is 2.33. The minimum atomic E-state index is 0. The summed E-state index contributed by atoms with van der Waals surface area (Å²) >= 11 is 0. The normalized spacial score (nSPS) is 7.71. The highest BCUT2D eigenvalue weighted by molar-refractivity contribution is 6.21. The Labute approximate surface area is 54.2 Å². The van der Waals surface area contributed by atoms with E-state index < -0.39 is 0 Å². The fourth-order valence-electron chi connectivity index (χ4n) is 0.289. The molecule has 0 heterocycles. The summed E-state index contributed by atoms with van der Waals surface area (Å²) in [4.78, 5) is 2.33. The topological polar surface area (TPSA) is 16.6 Å². The van der Waals surface area contributed by atoms with Crippen LogP contribution in [0.4, 0.5) is 0 Å². The number of halogens is 1. The van der Waals surface area contributed by atoms with Crippen LogP contribution in [0.5, 0.6) is 0 Å². The first-order valence-electron chi connectivity index (χ1n) is 2.40. The number of hydrogen-bond donors (Lipinski definition) is 1. The van der Waals surface area contributed by atoms with Crippen molar-refractivity contribution in [1.29, 1.82) is 0 Å². The zero-order valence-electron chi connectivity index (χ0n) is 4.87. The molecule has 1 nitrogen and oxygen atoms in total. The lowest BCUT2D eigenvalue weighted by molar-refractivity contribution is -0.513. The van der Waals surface area contributed by atoms with Crippen molar-refractivity contribution in [3.63, 3.8) is 0 Å². The summed E-state index contributed by atoms with van der Waals surface area (Å²) in [7, 11) is 1.04. The smallest absolute Gasteiger partial charge is 0.384 e. The van der Waals surface area contributed by atoms with Gasteiger partial charge in [-0.3, -0.25) is 0 Å². The first-order chi connectivity index (χ1) is 2.91. The summed E-state index contributed by atoms with van der Waals surface area (Å²) in [6.07, 6.45) is 1.31. The highest BCUT2D eigenvalue weighted by Crippen LogP contribution is 1.57. The number of hydrogen-bond acceptors (Lipinski definition) is 0. The Balaban J connectivity index is 0. The fourth-order valence-corrected chi connectivity index (χ4v) is 0.866. The molecule has 2 radical (unpaired) electrons. The van der Waals surface area contributed by atoms with Gasteiger partial charge in [0.1, 0.15) is 0 Å². The molecule has 0 spiro atoms. The minimum absolute atomic E-state index is 0. The van der Waals surface area contributed by atoms with Crippen LogP contribution in [0.2, 0.25) is 6.55 Å². The molecule has 3 heteroatoms. The van der Waals surface area contributed by atoms with Gasteiger partial charge in [0.05, 0.1) is 6.54 Å². The Morgan fingerprint density at radius 1 is 1.57 bits per heavy atom. The number of rotatable bonds is 3. The quantitative estimate of drug-likeness (QED) is 0.309. The molecule has 0 rings (SSSR count). The SMILES string of the molecule is CCC[NH2+][Si]C.[Cl-]. The second-order valence-corrected chi connectivity index (χ2v) is 2.27. The molecular formula is C4H12ClNSi. The average Bonchev–Trinajstić information content (AvgIpc) is 1.61. The third-order valence-electron chi connectivity index (χ3n) is 0.637. The minimum Gasteiger partial charge on any atom is -1.00 e. The Kier molecular flexibility index (Phi) is 14.5. The second kappa shape index (κ2) is 9.69. The molecule has 0 atom stereocenters. The predicted octanol–water partition coefficient (Wildman–Crippen LogP) is -3.37. The summed E-state index contributed by atoms with van der Waals surface area (Å²) in [6, 6.07) is 0. The van der Waals surface area contributed by atoms with Crippen LogP contribution in [-0.4, -0.2) is 16.2 Å². The molecular weight excluding hydrogens is 126 g/mol. The highest BCUT2D eigenvalue weighted by atomic mass is 35.5. The maximum absolute atomic E-state index is 2.33. The third kappa shape index (κ3) is 10.7. The monoisotopic (exact) mass is 137 g/mol. The summed E-state index contributed by atoms with van der Waals surface area (Å²) in [6.45, 7) is 5.71. The third-order valence-corrected chi connectivity index (χ3v) is 1.33. The van der Waals surface area contributed by atoms with Crippen LogP contribution in [0.15, 0.2) is 0 Å². The highest BCUT2D eigenvalue weighted by Gasteiger charge is 1.80. The number of quaternary nitrogens is 1. The standard InChI is InChI=1S/C4H12NSi.ClH/c1-3-4-5-6-2;/h3-5H2,1-2H3;1H/q+1;/p-1. The fraction of sp³-hybridized carbons (Fsp3) is 1.00. The molecule has 2 N–H and O–H groups in total. The van der Waals surface area contributed by atoms with Gasteiger partial charge in [-0.2, -0.15) is 0 Å². The Morgan fingerprint density at radius 2 is 2.14 bits per heavy atom. The van der Waals surface area contributed by atoms with Gasteiger partial charge in [-0.1, -0.05) is 6.92 Å². The van der Waals surface area contributed by atoms with Crippen LogP contribution in [-0.2, 0) is 0 Å². The first kappa shape index (κ1) is 10.4. The van der Waals surface area contributed by atoms with Gasteiger partial charge in [0.15, 0.2) is 0 Å². The average molecular weight is 138 g/mol. The second-order valence-electron chi connectivity index (χ2n) is 1.28. The lowest BCUT2D eigenvalue weighted by Crippen LogP contribution is -3.00. The molecule has 0 saturated carbocycles. The van der Waals surface area contributed by atoms with E-state index in [1.807, 2.05) is 0 Å². The van der Waals surface area contributed by atoms with Crippen molar-refractivity contribution in [2.24, 2.45) is 0 Å². The molecule has 0 aromatic heterocycles. The van der Waals surface area contributed by atoms with Gasteiger partial charge in [0.2, 0.25) is 0 Å². The van der Waals surface area contributed by atoms with Crippen LogP contribution >= 0.6 is 0 Å². The lowest BCUT2D eigenvalue weighted by Gasteiger charge is -1.86. The number of nitrogens with two attached hydrogens (primary N) is 1. The van der Waals surface area contributed by atoms with Gasteiger partial charge < -0.3 is 17.4 Å². The Morgan fingerprint density at radius 3 is 2.29 bits per heavy atom. The van der Waals surface area contributed by atoms with E-state index >= 15 is 0 Å². The predicted molar refractivity (Wildman–Crippen MR) is 28.7 cm³/mol. The molecule has 0 aliphatic heterocycles. The molecule has 0 aromatic rings. The van der Waals surface area contributed by atoms with E-state index in [1.54, 1.807) is 0 Å². The van der Waals surface area contributed by atoms with Crippen LogP contribution in [0, 0.1) is 0 Å². The van der Waals surface area contributed by atoms with Crippen molar-refractivity contribution in [1.82, 2.24) is 0 Å². The van der Waals surface area contributed by atoms with E-state index in [-0.39, 0.29) is 12.4 Å². The van der Waals surface area contributed by atoms with E-state index in [2.05, 4.69) is 18.5 Å². The molecule has 0 saturated heterocycles. The molecule has 7 heavy (non-hydrogen) atoms. The van der Waals surface area contributed by atoms with Crippen LogP contribution < -0.4 is 17.4 Å². The zero-order chi connectivity index (χ0) is 4.83. The Bertz CT molecular complexity index is 23.7. The maximum Gasteiger partial charge on any atom is 0.384 e. The van der Waals surface area contributed by atoms with Gasteiger partial charge in [-0.25, -0.2) is 0 Å². The van der Waals surface area contributed by atoms with Crippen LogP contribution in [0.25, 0.3) is 0 Å². The van der Waals surface area contributed by atoms with E-state index in [0.29, 0.717) is 0 Å². The van der Waals surface area contributed by atoms with Crippen molar-refractivity contribution in [2.75, 3.05) is 6.54 Å². The molecule has 44 valence electrons. The molecule has 0 aliphatic carbocycles. The molecule has 0 unspecified atom stereocenters. The van der Waals surface area contributed by atoms with Crippen molar-refractivity contribution >= 4 is 9.68 Å². The van der Waals surface area contributed by atoms with Crippen molar-refractivity contribution in [2.45, 2.75) is 19.9 Å². The largest absolute Gasteiger partial charge is 1.00 e. The van der Waals surface area contributed by atoms with Crippen molar-refractivity contribution < 1.29 is 17.4 Å². The molecule has 0 aliphatic rings. The molecule has 0 aromatic carbocycles. The van der Waals surface area contributed by atoms with Crippen molar-refractivity contribution in [3.05, 3.63) is 0 Å². The summed E-state index contributed by atoms with van der Waals surface area (Å²) in [5.74, 6) is 0. The Hall–Kier alpha value is 0.467. The summed E-state index contributed by atoms with van der Waals surface area (Å²) in [5.41, 5.74) is 0. The lowest BCUT2D eigenvalue weighted by atomic mass is 10.5. The summed E-state index contributed by atoms with van der Waals surface area (Å²) < 4.78 is 0. The van der Waals surface area contributed by atoms with Gasteiger partial charge in [0, 0.05) is 0 Å². The van der Waals surface area contributed by atoms with Gasteiger partial charge in [-0.05, 0) is 13.0 Å². The van der Waals surface area contributed by atoms with Gasteiger partial charge in [-0.15, -0.1) is 0 Å².